The number of nitrogens with two attached hydrogens (primary N) is 1. The summed E-state index contributed by atoms with van der Waals surface area (Å²) in [4.78, 5) is 20.0. The number of carboxylic acids is 1. The van der Waals surface area contributed by atoms with E-state index >= 15 is 0 Å². The fraction of sp³-hybridized carbons (Fsp3) is 0.429. The number of anilines is 3. The van der Waals surface area contributed by atoms with Crippen molar-refractivity contribution in [2.75, 3.05) is 16.4 Å². The molecule has 0 aromatic heterocycles. The van der Waals surface area contributed by atoms with E-state index in [0.717, 1.165) is 29.0 Å². The van der Waals surface area contributed by atoms with Crippen molar-refractivity contribution in [1.82, 2.24) is 0 Å². The first-order valence-corrected chi connectivity index (χ1v) is 31.0. The molecule has 0 aliphatic carbocycles. The summed E-state index contributed by atoms with van der Waals surface area (Å²) in [5, 5.41) is 13.1. The van der Waals surface area contributed by atoms with Crippen molar-refractivity contribution in [1.29, 1.82) is 0 Å². The number of carboxylic acid groups (broad SMARTS) is 1. The maximum Gasteiger partial charge on any atom is 0 e. The van der Waals surface area contributed by atoms with Gasteiger partial charge in [0.15, 0.2) is 0 Å². The van der Waals surface area contributed by atoms with Gasteiger partial charge in [0.1, 0.15) is 0 Å². The van der Waals surface area contributed by atoms with Crippen molar-refractivity contribution in [3.8, 4) is 0 Å². The van der Waals surface area contributed by atoms with E-state index in [9.17, 15) is 4.79 Å². The van der Waals surface area contributed by atoms with Gasteiger partial charge in [0.25, 0.3) is 5.97 Å². The van der Waals surface area contributed by atoms with Crippen LogP contribution in [0.15, 0.2) is 91.0 Å². The maximum atomic E-state index is 10.5. The van der Waals surface area contributed by atoms with Crippen molar-refractivity contribution < 1.29 is 118 Å². The first-order valence-electron chi connectivity index (χ1n) is 17.1. The molecule has 328 valence electrons. The van der Waals surface area contributed by atoms with Gasteiger partial charge in [0.2, 0.25) is 5.91 Å². The van der Waals surface area contributed by atoms with Crippen LogP contribution in [0.2, 0.25) is 0 Å². The molecule has 6 radical (unpaired) electrons. The van der Waals surface area contributed by atoms with Crippen LogP contribution in [0.5, 0.6) is 0 Å². The molecule has 1 amide bonds. The molecule has 0 fully saturated rings. The number of hydrogen-bond donors (Lipinski definition) is 4. The topological polar surface area (TPSA) is 104 Å². The van der Waals surface area contributed by atoms with E-state index in [1.165, 1.54) is 26.2 Å². The van der Waals surface area contributed by atoms with Crippen LogP contribution in [-0.4, -0.2) is 30.4 Å². The summed E-state index contributed by atoms with van der Waals surface area (Å²) in [7, 11) is 0. The molecule has 0 atom stereocenters. The van der Waals surface area contributed by atoms with Crippen LogP contribution in [0.25, 0.3) is 0 Å². The number of para-hydroxylation sites is 3. The minimum Gasteiger partial charge on any atom is 0 e. The van der Waals surface area contributed by atoms with Crippen molar-refractivity contribution in [3.05, 3.63) is 113 Å². The molecule has 3 aromatic carbocycles. The third-order valence-corrected chi connectivity index (χ3v) is 3.09. The second-order valence-electron chi connectivity index (χ2n) is 8.34. The number of thiocarbonyl (C=S) groups is 1. The van der Waals surface area contributed by atoms with Gasteiger partial charge in [-0.05, 0) is 43.3 Å². The number of aliphatic carboxylic acids is 1. The van der Waals surface area contributed by atoms with Crippen LogP contribution in [0, 0.1) is 22.3 Å². The molecule has 3 rings (SSSR count). The molecule has 3 aromatic rings. The summed E-state index contributed by atoms with van der Waals surface area (Å²) in [5.41, 5.74) is 8.07. The molecule has 0 aliphatic heterocycles. The van der Waals surface area contributed by atoms with Gasteiger partial charge in [0.05, 0.1) is 4.99 Å². The largest absolute Gasteiger partial charge is 0 e. The Morgan fingerprint density at radius 3 is 0.895 bits per heavy atom. The first kappa shape index (κ1) is 103. The number of nitrogen functional groups attached to an aromatic ring is 1. The summed E-state index contributed by atoms with van der Waals surface area (Å²) in [5.74, 6) is -0.869. The van der Waals surface area contributed by atoms with E-state index in [4.69, 9.17) is 27.9 Å². The molecule has 0 aliphatic rings. The Hall–Kier alpha value is 2.44. The van der Waals surface area contributed by atoms with Gasteiger partial charge >= 0.3 is 64.9 Å². The molecule has 0 unspecified atom stereocenters. The fourth-order valence-electron chi connectivity index (χ4n) is 1.90. The van der Waals surface area contributed by atoms with E-state index in [1.54, 1.807) is 0 Å². The predicted octanol–water partition coefficient (Wildman–Crippen LogP) is 16.4. The zero-order valence-corrected chi connectivity index (χ0v) is 56.1. The Kier molecular flexibility index (Phi) is 184. The Morgan fingerprint density at radius 1 is 0.579 bits per heavy atom. The Labute approximate surface area is 477 Å². The second kappa shape index (κ2) is 102. The van der Waals surface area contributed by atoms with Gasteiger partial charge in [-0.15, -0.1) is 0 Å². The Bertz CT molecular complexity index is 971. The molecule has 0 bridgehead atoms. The minimum absolute atomic E-state index is 0. The van der Waals surface area contributed by atoms with Crippen LogP contribution >= 0.6 is 72.2 Å². The van der Waals surface area contributed by atoms with Crippen LogP contribution in [0.1, 0.15) is 123 Å². The number of carbonyl (C=O) groups excluding carboxylic acids is 1. The van der Waals surface area contributed by atoms with Crippen molar-refractivity contribution >= 4 is 114 Å². The quantitative estimate of drug-likeness (QED) is 0.0670. The Balaban J connectivity index is -0.0000000273. The third kappa shape index (κ3) is 157. The summed E-state index contributed by atoms with van der Waals surface area (Å²) < 4.78 is 0. The van der Waals surface area contributed by atoms with Gasteiger partial charge in [0, 0.05) is 137 Å². The monoisotopic (exact) mass is 1420 g/mol. The van der Waals surface area contributed by atoms with Crippen molar-refractivity contribution in [3.63, 3.8) is 0 Å². The van der Waals surface area contributed by atoms with E-state index in [-0.39, 0.29) is 140 Å². The average molecular weight is 1420 g/mol. The SMILES string of the molecule is CC.CC.CC.CC(=O)Nc1ccccc1.CC(=O)O.CC(=S)Nc1ccccc1.CCC.CCC.CCC.Nc1ccccc1.[B].[CH3-].[CH3-].[CH3-].[I][V]([I])[I].[Y].[Y].[Y]. The molecule has 0 saturated heterocycles. The van der Waals surface area contributed by atoms with E-state index < -0.39 is 5.97 Å². The normalized spacial score (nSPS) is 6.51. The number of benzene rings is 3. The summed E-state index contributed by atoms with van der Waals surface area (Å²) in [6.07, 6.45) is 3.75. The molecule has 0 spiro atoms. The van der Waals surface area contributed by atoms with Crippen LogP contribution in [0.3, 0.4) is 0 Å². The fourth-order valence-corrected chi connectivity index (χ4v) is 2.02. The Morgan fingerprint density at radius 2 is 0.754 bits per heavy atom. The van der Waals surface area contributed by atoms with E-state index in [1.807, 2.05) is 139 Å². The number of rotatable bonds is 2. The molecular weight excluding hydrogens is 1340 g/mol. The summed E-state index contributed by atoms with van der Waals surface area (Å²) >= 11 is 12.3. The molecule has 0 heterocycles. The minimum atomic E-state index is -0.833. The molecule has 5 N–H and O–H groups in total. The number of halogens is 3. The summed E-state index contributed by atoms with van der Waals surface area (Å²) in [6, 6.07) is 28.7. The zero-order valence-electron chi connectivity index (χ0n) is 38.9. The molecule has 57 heavy (non-hydrogen) atoms. The number of amides is 1. The van der Waals surface area contributed by atoms with Crippen LogP contribution in [-0.2, 0) is 113 Å². The zero-order chi connectivity index (χ0) is 41.2. The smallest absolute Gasteiger partial charge is 0 e. The maximum absolute atomic E-state index is 10.5. The molecular formula is C42H80BI3N3O3SVY3-3. The summed E-state index contributed by atoms with van der Waals surface area (Å²) in [6.45, 7) is 29.2. The van der Waals surface area contributed by atoms with Gasteiger partial charge < -0.3 is 43.8 Å². The molecule has 0 saturated carbocycles. The average Bonchev–Trinajstić information content (AvgIpc) is 3.06. The number of nitrogens with one attached hydrogen (secondary N) is 2. The second-order valence-corrected chi connectivity index (χ2v) is 44.3. The van der Waals surface area contributed by atoms with Crippen LogP contribution in [0.4, 0.5) is 17.1 Å². The van der Waals surface area contributed by atoms with Crippen molar-refractivity contribution in [2.24, 2.45) is 0 Å². The van der Waals surface area contributed by atoms with Crippen molar-refractivity contribution in [2.45, 2.75) is 123 Å². The third-order valence-electron chi connectivity index (χ3n) is 2.99. The van der Waals surface area contributed by atoms with E-state index in [0.29, 0.717) is 0 Å². The van der Waals surface area contributed by atoms with Crippen LogP contribution < -0.4 is 16.4 Å². The van der Waals surface area contributed by atoms with Gasteiger partial charge in [-0.3, -0.25) is 9.59 Å². The van der Waals surface area contributed by atoms with Gasteiger partial charge in [-0.1, -0.05) is 169 Å². The number of hydrogen-bond acceptors (Lipinski definition) is 4. The van der Waals surface area contributed by atoms with Gasteiger partial charge in [-0.2, -0.15) is 0 Å². The standard InChI is InChI=1S/C8H9NO.C8H9NS.C6H7N.3C3H8.C2H4O2.3C2H6.3CH3.B.3HI.V.3Y/c2*1-7(10)9-8-5-3-2-4-6-8;7-6-4-2-1-3-5-6;3*1-3-2;1-2(3)4;3*1-2;;;;;;;;;;;/h2*2-6H,1H3,(H,9,10);1-5H,7H2;3*3H2,1-2H3;1H3,(H,3,4);3*1-2H3;3*1H3;;3*1H;;;;/q;;;;;;;;;;3*-1;;;;;+3;;;/p-3. The first-order chi connectivity index (χ1) is 23.7. The van der Waals surface area contributed by atoms with Gasteiger partial charge in [-0.25, -0.2) is 0 Å². The van der Waals surface area contributed by atoms with E-state index in [2.05, 4.69) is 112 Å². The predicted molar refractivity (Wildman–Crippen MR) is 282 cm³/mol. The molecule has 6 nitrogen and oxygen atoms in total. The molecule has 15 heteroatoms. The number of carbonyl (C=O) groups is 2.